The molecule has 2 aromatic carbocycles. The number of nitrogens with two attached hydrogens (primary N) is 1. The molecule has 0 radical (unpaired) electrons. The van der Waals surface area contributed by atoms with Crippen molar-refractivity contribution in [3.63, 3.8) is 0 Å². The van der Waals surface area contributed by atoms with Crippen molar-refractivity contribution in [3.05, 3.63) is 65.2 Å². The van der Waals surface area contributed by atoms with Gasteiger partial charge in [-0.05, 0) is 38.5 Å². The van der Waals surface area contributed by atoms with Crippen molar-refractivity contribution in [3.8, 4) is 0 Å². The molecule has 5 heteroatoms. The van der Waals surface area contributed by atoms with Gasteiger partial charge in [0.15, 0.2) is 9.84 Å². The molecule has 0 aliphatic heterocycles. The minimum atomic E-state index is -3.50. The summed E-state index contributed by atoms with van der Waals surface area (Å²) >= 11 is 0. The molecule has 140 valence electrons. The highest BCUT2D eigenvalue weighted by molar-refractivity contribution is 7.92. The molecule has 3 atom stereocenters. The predicted molar refractivity (Wildman–Crippen MR) is 104 cm³/mol. The van der Waals surface area contributed by atoms with Gasteiger partial charge in [0.2, 0.25) is 0 Å². The van der Waals surface area contributed by atoms with Crippen LogP contribution < -0.4 is 5.73 Å². The highest BCUT2D eigenvalue weighted by Gasteiger charge is 2.70. The molecule has 2 aromatic rings. The first-order chi connectivity index (χ1) is 12.4. The van der Waals surface area contributed by atoms with E-state index in [2.05, 4.69) is 0 Å². The third-order valence-electron chi connectivity index (χ3n) is 5.45. The standard InChI is InChI=1S/C21H27NO3S/c1-4-25-14-21(13-22)19(17-9-5-15(2)6-10-17)20(21)26(23,24)18-11-7-16(3)8-12-18/h5-12,19-20H,4,13-14,22H2,1-3H3/t19-,20-,21+/m0/s1. The van der Waals surface area contributed by atoms with Crippen LogP contribution in [0.2, 0.25) is 0 Å². The van der Waals surface area contributed by atoms with Crippen LogP contribution in [0.5, 0.6) is 0 Å². The Morgan fingerprint density at radius 1 is 1.00 bits per heavy atom. The number of hydrogen-bond acceptors (Lipinski definition) is 4. The molecule has 0 bridgehead atoms. The Morgan fingerprint density at radius 3 is 2.04 bits per heavy atom. The second-order valence-corrected chi connectivity index (χ2v) is 9.31. The van der Waals surface area contributed by atoms with Crippen LogP contribution in [-0.2, 0) is 14.6 Å². The molecule has 1 aliphatic rings. The fraction of sp³-hybridized carbons (Fsp3) is 0.429. The summed E-state index contributed by atoms with van der Waals surface area (Å²) in [5.41, 5.74) is 8.74. The fourth-order valence-electron chi connectivity index (χ4n) is 3.86. The molecule has 1 fully saturated rings. The molecule has 0 aromatic heterocycles. The van der Waals surface area contributed by atoms with Gasteiger partial charge in [0.1, 0.15) is 0 Å². The Bertz CT molecular complexity index is 859. The minimum Gasteiger partial charge on any atom is -0.381 e. The third-order valence-corrected chi connectivity index (χ3v) is 7.79. The number of aryl methyl sites for hydroxylation is 2. The van der Waals surface area contributed by atoms with E-state index in [1.165, 1.54) is 0 Å². The van der Waals surface area contributed by atoms with Gasteiger partial charge in [-0.3, -0.25) is 0 Å². The first-order valence-electron chi connectivity index (χ1n) is 9.02. The van der Waals surface area contributed by atoms with Crippen LogP contribution in [0.3, 0.4) is 0 Å². The smallest absolute Gasteiger partial charge is 0.182 e. The van der Waals surface area contributed by atoms with Gasteiger partial charge in [0, 0.05) is 24.5 Å². The van der Waals surface area contributed by atoms with Gasteiger partial charge in [-0.15, -0.1) is 0 Å². The van der Waals surface area contributed by atoms with Crippen LogP contribution in [0.1, 0.15) is 29.5 Å². The lowest BCUT2D eigenvalue weighted by Crippen LogP contribution is -2.29. The maximum atomic E-state index is 13.4. The molecule has 26 heavy (non-hydrogen) atoms. The molecule has 3 rings (SSSR count). The lowest BCUT2D eigenvalue weighted by atomic mass is 9.99. The van der Waals surface area contributed by atoms with Crippen LogP contribution in [0.15, 0.2) is 53.4 Å². The van der Waals surface area contributed by atoms with Crippen molar-refractivity contribution >= 4 is 9.84 Å². The maximum absolute atomic E-state index is 13.4. The van der Waals surface area contributed by atoms with E-state index in [1.54, 1.807) is 12.1 Å². The van der Waals surface area contributed by atoms with E-state index in [-0.39, 0.29) is 12.5 Å². The van der Waals surface area contributed by atoms with Gasteiger partial charge in [0.05, 0.1) is 16.8 Å². The molecule has 4 nitrogen and oxygen atoms in total. The van der Waals surface area contributed by atoms with Crippen molar-refractivity contribution < 1.29 is 13.2 Å². The SMILES string of the molecule is CCOC[C@]1(CN)[C@@H](c2ccc(C)cc2)[C@@H]1S(=O)(=O)c1ccc(C)cc1. The lowest BCUT2D eigenvalue weighted by Gasteiger charge is -2.16. The highest BCUT2D eigenvalue weighted by atomic mass is 32.2. The van der Waals surface area contributed by atoms with E-state index in [0.717, 1.165) is 16.7 Å². The predicted octanol–water partition coefficient (Wildman–Crippen LogP) is 3.22. The zero-order valence-electron chi connectivity index (χ0n) is 15.6. The number of benzene rings is 2. The van der Waals surface area contributed by atoms with Crippen molar-refractivity contribution in [1.82, 2.24) is 0 Å². The van der Waals surface area contributed by atoms with Crippen molar-refractivity contribution in [2.75, 3.05) is 19.8 Å². The quantitative estimate of drug-likeness (QED) is 0.809. The molecule has 0 spiro atoms. The Hall–Kier alpha value is -1.69. The second-order valence-electron chi connectivity index (χ2n) is 7.24. The van der Waals surface area contributed by atoms with Gasteiger partial charge < -0.3 is 10.5 Å². The van der Waals surface area contributed by atoms with E-state index in [0.29, 0.717) is 18.1 Å². The first kappa shape index (κ1) is 19.1. The number of hydrogen-bond donors (Lipinski definition) is 1. The van der Waals surface area contributed by atoms with Crippen LogP contribution in [0, 0.1) is 19.3 Å². The average molecular weight is 374 g/mol. The summed E-state index contributed by atoms with van der Waals surface area (Å²) in [6.07, 6.45) is 0. The van der Waals surface area contributed by atoms with E-state index in [9.17, 15) is 8.42 Å². The van der Waals surface area contributed by atoms with Crippen LogP contribution in [-0.4, -0.2) is 33.4 Å². The molecule has 1 saturated carbocycles. The van der Waals surface area contributed by atoms with Gasteiger partial charge in [0.25, 0.3) is 0 Å². The molecule has 0 heterocycles. The summed E-state index contributed by atoms with van der Waals surface area (Å²) in [5.74, 6) is -0.147. The Balaban J connectivity index is 2.03. The Morgan fingerprint density at radius 2 is 1.54 bits per heavy atom. The van der Waals surface area contributed by atoms with E-state index < -0.39 is 20.5 Å². The topological polar surface area (TPSA) is 69.4 Å². The summed E-state index contributed by atoms with van der Waals surface area (Å²) in [5, 5.41) is -0.558. The zero-order valence-corrected chi connectivity index (χ0v) is 16.4. The molecule has 0 saturated heterocycles. The van der Waals surface area contributed by atoms with Crippen LogP contribution in [0.25, 0.3) is 0 Å². The highest BCUT2D eigenvalue weighted by Crippen LogP contribution is 2.63. The summed E-state index contributed by atoms with van der Waals surface area (Å²) in [7, 11) is -3.50. The number of rotatable bonds is 7. The molecule has 2 N–H and O–H groups in total. The number of sulfone groups is 1. The number of ether oxygens (including phenoxy) is 1. The summed E-state index contributed by atoms with van der Waals surface area (Å²) in [6, 6.07) is 15.1. The van der Waals surface area contributed by atoms with E-state index in [1.807, 2.05) is 57.2 Å². The maximum Gasteiger partial charge on any atom is 0.182 e. The molecular weight excluding hydrogens is 346 g/mol. The summed E-state index contributed by atoms with van der Waals surface area (Å²) < 4.78 is 32.4. The lowest BCUT2D eigenvalue weighted by molar-refractivity contribution is 0.101. The molecule has 0 amide bonds. The third kappa shape index (κ3) is 3.20. The zero-order chi connectivity index (χ0) is 18.9. The van der Waals surface area contributed by atoms with Gasteiger partial charge in [-0.25, -0.2) is 8.42 Å². The fourth-order valence-corrected chi connectivity index (χ4v) is 6.31. The monoisotopic (exact) mass is 373 g/mol. The van der Waals surface area contributed by atoms with Crippen molar-refractivity contribution in [1.29, 1.82) is 0 Å². The largest absolute Gasteiger partial charge is 0.381 e. The molecule has 0 unspecified atom stereocenters. The molecule has 1 aliphatic carbocycles. The van der Waals surface area contributed by atoms with Gasteiger partial charge in [-0.2, -0.15) is 0 Å². The van der Waals surface area contributed by atoms with Crippen molar-refractivity contribution in [2.24, 2.45) is 11.1 Å². The normalized spacial score (nSPS) is 25.2. The van der Waals surface area contributed by atoms with Crippen LogP contribution in [0.4, 0.5) is 0 Å². The Kier molecular flexibility index (Phi) is 5.24. The van der Waals surface area contributed by atoms with Gasteiger partial charge >= 0.3 is 0 Å². The van der Waals surface area contributed by atoms with Crippen molar-refractivity contribution in [2.45, 2.75) is 36.8 Å². The van der Waals surface area contributed by atoms with Gasteiger partial charge in [-0.1, -0.05) is 47.5 Å². The summed E-state index contributed by atoms with van der Waals surface area (Å²) in [6.45, 7) is 7.06. The van der Waals surface area contributed by atoms with E-state index in [4.69, 9.17) is 10.5 Å². The summed E-state index contributed by atoms with van der Waals surface area (Å²) in [4.78, 5) is 0.358. The van der Waals surface area contributed by atoms with Crippen LogP contribution >= 0.6 is 0 Å². The second kappa shape index (κ2) is 7.14. The average Bonchev–Trinajstić information content (AvgIpc) is 3.31. The Labute approximate surface area is 156 Å². The molecular formula is C21H27NO3S. The van der Waals surface area contributed by atoms with E-state index >= 15 is 0 Å². The first-order valence-corrected chi connectivity index (χ1v) is 10.6. The minimum absolute atomic E-state index is 0.147.